The summed E-state index contributed by atoms with van der Waals surface area (Å²) in [6.45, 7) is -0.275. The Hall–Kier alpha value is -5.21. The van der Waals surface area contributed by atoms with Crippen LogP contribution in [0.25, 0.3) is 22.0 Å². The summed E-state index contributed by atoms with van der Waals surface area (Å²) in [5.74, 6) is -1.53. The van der Waals surface area contributed by atoms with Crippen molar-refractivity contribution in [1.29, 1.82) is 0 Å². The summed E-state index contributed by atoms with van der Waals surface area (Å²) in [5, 5.41) is 3.24. The quantitative estimate of drug-likeness (QED) is 0.150. The van der Waals surface area contributed by atoms with Crippen LogP contribution in [0.1, 0.15) is 21.6 Å². The second kappa shape index (κ2) is 11.7. The molecule has 45 heavy (non-hydrogen) atoms. The lowest BCUT2D eigenvalue weighted by atomic mass is 10.0. The van der Waals surface area contributed by atoms with Crippen LogP contribution in [0.5, 0.6) is 0 Å². The van der Waals surface area contributed by atoms with E-state index in [2.05, 4.69) is 10.1 Å². The third kappa shape index (κ3) is 5.60. The molecule has 2 N–H and O–H groups in total. The number of benzene rings is 4. The van der Waals surface area contributed by atoms with E-state index >= 15 is 0 Å². The highest BCUT2D eigenvalue weighted by atomic mass is 31.2. The van der Waals surface area contributed by atoms with E-state index in [1.54, 1.807) is 66.7 Å². The molecule has 0 fully saturated rings. The van der Waals surface area contributed by atoms with Gasteiger partial charge in [0.15, 0.2) is 0 Å². The van der Waals surface area contributed by atoms with Gasteiger partial charge in [-0.2, -0.15) is 13.2 Å². The number of H-pyrrole nitrogens is 1. The minimum atomic E-state index is -4.74. The molecular formula is C34H24F4N3O3P. The van der Waals surface area contributed by atoms with Gasteiger partial charge in [0.2, 0.25) is 7.29 Å². The second-order valence-electron chi connectivity index (χ2n) is 10.3. The molecule has 11 heteroatoms. The number of hydrogen-bond donors (Lipinski definition) is 2. The van der Waals surface area contributed by atoms with Crippen LogP contribution in [0.2, 0.25) is 0 Å². The number of aromatic nitrogens is 2. The number of carbonyl (C=O) groups is 1. The molecule has 4 aromatic carbocycles. The van der Waals surface area contributed by atoms with Gasteiger partial charge in [0.25, 0.3) is 11.5 Å². The lowest BCUT2D eigenvalue weighted by Gasteiger charge is -2.22. The molecule has 0 saturated carbocycles. The van der Waals surface area contributed by atoms with Gasteiger partial charge < -0.3 is 9.55 Å². The molecule has 0 aliphatic heterocycles. The summed E-state index contributed by atoms with van der Waals surface area (Å²) >= 11 is 0. The summed E-state index contributed by atoms with van der Waals surface area (Å²) in [7, 11) is -3.91. The Balaban J connectivity index is 1.66. The van der Waals surface area contributed by atoms with Crippen molar-refractivity contribution < 1.29 is 26.9 Å². The average Bonchev–Trinajstić information content (AvgIpc) is 3.36. The molecule has 0 spiro atoms. The van der Waals surface area contributed by atoms with Gasteiger partial charge in [-0.1, -0.05) is 54.6 Å². The number of hydrogen-bond acceptors (Lipinski definition) is 3. The molecule has 6 aromatic rings. The van der Waals surface area contributed by atoms with Crippen LogP contribution >= 0.6 is 7.29 Å². The van der Waals surface area contributed by atoms with Gasteiger partial charge in [-0.3, -0.25) is 19.2 Å². The summed E-state index contributed by atoms with van der Waals surface area (Å²) in [4.78, 5) is 30.2. The zero-order valence-corrected chi connectivity index (χ0v) is 24.3. The monoisotopic (exact) mass is 629 g/mol. The molecule has 2 aromatic heterocycles. The third-order valence-corrected chi connectivity index (χ3v) is 10.0. The van der Waals surface area contributed by atoms with Crippen LogP contribution in [0, 0.1) is 5.82 Å². The van der Waals surface area contributed by atoms with E-state index in [0.29, 0.717) is 10.6 Å². The third-order valence-electron chi connectivity index (χ3n) is 7.48. The van der Waals surface area contributed by atoms with Crippen LogP contribution in [0.3, 0.4) is 0 Å². The lowest BCUT2D eigenvalue weighted by molar-refractivity contribution is -0.137. The Morgan fingerprint density at radius 1 is 0.822 bits per heavy atom. The van der Waals surface area contributed by atoms with E-state index < -0.39 is 36.3 Å². The minimum Gasteiger partial charge on any atom is -0.331 e. The van der Waals surface area contributed by atoms with Crippen LogP contribution in [0.15, 0.2) is 126 Å². The van der Waals surface area contributed by atoms with Gasteiger partial charge in [0, 0.05) is 44.4 Å². The SMILES string of the molecule is O=C(NP(=O)(c1ccccc1)c1ccccc1)c1c(-c2ccc[nH]c2=O)c2cc(C(F)(F)F)ccc2n1Cc1ccccc1F. The van der Waals surface area contributed by atoms with Crippen molar-refractivity contribution in [2.75, 3.05) is 0 Å². The summed E-state index contributed by atoms with van der Waals surface area (Å²) in [6.07, 6.45) is -3.38. The van der Waals surface area contributed by atoms with Crippen molar-refractivity contribution in [3.05, 3.63) is 154 Å². The van der Waals surface area contributed by atoms with E-state index in [1.807, 2.05) is 0 Å². The number of amides is 1. The smallest absolute Gasteiger partial charge is 0.331 e. The highest BCUT2D eigenvalue weighted by Gasteiger charge is 2.36. The van der Waals surface area contributed by atoms with Crippen molar-refractivity contribution in [2.45, 2.75) is 12.7 Å². The highest BCUT2D eigenvalue weighted by molar-refractivity contribution is 7.77. The molecular weight excluding hydrogens is 605 g/mol. The number of nitrogens with zero attached hydrogens (tertiary/aromatic N) is 1. The lowest BCUT2D eigenvalue weighted by Crippen LogP contribution is -2.33. The highest BCUT2D eigenvalue weighted by Crippen LogP contribution is 2.42. The predicted octanol–water partition coefficient (Wildman–Crippen LogP) is 6.86. The molecule has 0 atom stereocenters. The summed E-state index contributed by atoms with van der Waals surface area (Å²) in [6, 6.07) is 28.1. The molecule has 0 unspecified atom stereocenters. The maximum absolute atomic E-state index is 15.0. The molecule has 0 bridgehead atoms. The van der Waals surface area contributed by atoms with Gasteiger partial charge in [0.1, 0.15) is 11.5 Å². The van der Waals surface area contributed by atoms with Gasteiger partial charge >= 0.3 is 6.18 Å². The minimum absolute atomic E-state index is 0.0581. The topological polar surface area (TPSA) is 84.0 Å². The predicted molar refractivity (Wildman–Crippen MR) is 166 cm³/mol. The fourth-order valence-corrected chi connectivity index (χ4v) is 7.50. The van der Waals surface area contributed by atoms with Crippen molar-refractivity contribution >= 4 is 34.7 Å². The molecule has 0 aliphatic carbocycles. The van der Waals surface area contributed by atoms with Crippen molar-refractivity contribution in [3.8, 4) is 11.1 Å². The fourth-order valence-electron chi connectivity index (χ4n) is 5.37. The molecule has 6 nitrogen and oxygen atoms in total. The largest absolute Gasteiger partial charge is 0.416 e. The van der Waals surface area contributed by atoms with Crippen LogP contribution < -0.4 is 21.3 Å². The maximum atomic E-state index is 15.0. The Bertz CT molecular complexity index is 2100. The number of alkyl halides is 3. The summed E-state index contributed by atoms with van der Waals surface area (Å²) < 4.78 is 73.0. The summed E-state index contributed by atoms with van der Waals surface area (Å²) in [5.41, 5.74) is -1.83. The molecule has 0 radical (unpaired) electrons. The van der Waals surface area contributed by atoms with Crippen LogP contribution in [0.4, 0.5) is 17.6 Å². The Kier molecular flexibility index (Phi) is 7.76. The fraction of sp³-hybridized carbons (Fsp3) is 0.0588. The molecule has 226 valence electrons. The first-order chi connectivity index (χ1) is 21.6. The zero-order chi connectivity index (χ0) is 31.8. The average molecular weight is 630 g/mol. The van der Waals surface area contributed by atoms with E-state index in [0.717, 1.165) is 12.1 Å². The zero-order valence-electron chi connectivity index (χ0n) is 23.4. The van der Waals surface area contributed by atoms with Gasteiger partial charge in [-0.15, -0.1) is 0 Å². The van der Waals surface area contributed by atoms with Crippen LogP contribution in [-0.2, 0) is 17.3 Å². The number of nitrogens with one attached hydrogen (secondary N) is 2. The molecule has 1 amide bonds. The molecule has 6 rings (SSSR count). The maximum Gasteiger partial charge on any atom is 0.416 e. The van der Waals surface area contributed by atoms with Crippen LogP contribution in [-0.4, -0.2) is 15.5 Å². The van der Waals surface area contributed by atoms with Crippen molar-refractivity contribution in [2.24, 2.45) is 0 Å². The van der Waals surface area contributed by atoms with Gasteiger partial charge in [0.05, 0.1) is 12.1 Å². The van der Waals surface area contributed by atoms with E-state index in [-0.39, 0.29) is 39.8 Å². The standard InChI is InChI=1S/C34H24F4N3O3P/c35-28-16-8-7-10-22(28)21-41-29-18-17-23(34(36,37)38)20-27(29)30(26-15-9-19-39-32(26)42)31(41)33(43)40-45(44,24-11-3-1-4-12-24)25-13-5-2-6-14-25/h1-20H,21H2,(H,39,42)(H,40,43,44). The van der Waals surface area contributed by atoms with Gasteiger partial charge in [-0.05, 0) is 60.7 Å². The van der Waals surface area contributed by atoms with E-state index in [4.69, 9.17) is 0 Å². The van der Waals surface area contributed by atoms with E-state index in [1.165, 1.54) is 47.2 Å². The van der Waals surface area contributed by atoms with Crippen molar-refractivity contribution in [3.63, 3.8) is 0 Å². The Morgan fingerprint density at radius 2 is 1.44 bits per heavy atom. The van der Waals surface area contributed by atoms with Crippen molar-refractivity contribution in [1.82, 2.24) is 14.6 Å². The number of halogens is 4. The first-order valence-electron chi connectivity index (χ1n) is 13.8. The number of pyridine rings is 1. The van der Waals surface area contributed by atoms with Gasteiger partial charge in [-0.25, -0.2) is 4.39 Å². The Labute approximate surface area is 254 Å². The number of aromatic amines is 1. The molecule has 2 heterocycles. The Morgan fingerprint density at radius 3 is 2.04 bits per heavy atom. The molecule has 0 aliphatic rings. The normalized spacial score (nSPS) is 11.9. The molecule has 0 saturated heterocycles. The second-order valence-corrected chi connectivity index (χ2v) is 12.7. The number of rotatable bonds is 7. The first-order valence-corrected chi connectivity index (χ1v) is 15.5. The first kappa shape index (κ1) is 29.8. The van der Waals surface area contributed by atoms with E-state index in [9.17, 15) is 31.7 Å². The number of carbonyl (C=O) groups excluding carboxylic acids is 1. The number of fused-ring (bicyclic) bond motifs is 1.